The molecule has 0 unspecified atom stereocenters. The summed E-state index contributed by atoms with van der Waals surface area (Å²) >= 11 is 0. The first-order chi connectivity index (χ1) is 17.0. The highest BCUT2D eigenvalue weighted by atomic mass is 32.2. The van der Waals surface area contributed by atoms with E-state index in [1.54, 1.807) is 19.1 Å². The molecule has 0 radical (unpaired) electrons. The molecule has 0 fully saturated rings. The second-order valence-corrected chi connectivity index (χ2v) is 10.5. The van der Waals surface area contributed by atoms with E-state index in [-0.39, 0.29) is 23.9 Å². The number of benzene rings is 2. The number of anilines is 1. The van der Waals surface area contributed by atoms with Crippen LogP contribution in [-0.4, -0.2) is 64.7 Å². The smallest absolute Gasteiger partial charge is 0.244 e. The number of nitrogens with zero attached hydrogens (tertiary/aromatic N) is 2. The molecule has 0 saturated heterocycles. The molecular formula is C26H37N3O6S. The minimum Gasteiger partial charge on any atom is -0.497 e. The molecule has 10 heteroatoms. The van der Waals surface area contributed by atoms with Crippen molar-refractivity contribution in [1.29, 1.82) is 0 Å². The molecule has 2 aromatic rings. The maximum atomic E-state index is 13.7. The SMILES string of the molecule is CCCCNC(=O)[C@@H](C)N(Cc1ccccc1C)C(=O)CN(c1ccc(OC)cc1OC)S(C)(=O)=O. The Hall–Kier alpha value is -3.27. The van der Waals surface area contributed by atoms with Crippen molar-refractivity contribution < 1.29 is 27.5 Å². The average molecular weight is 520 g/mol. The van der Waals surface area contributed by atoms with Gasteiger partial charge in [0.15, 0.2) is 0 Å². The van der Waals surface area contributed by atoms with Crippen LogP contribution in [0, 0.1) is 6.92 Å². The average Bonchev–Trinajstić information content (AvgIpc) is 2.85. The number of unbranched alkanes of at least 4 members (excludes halogenated alkanes) is 1. The van der Waals surface area contributed by atoms with E-state index in [0.29, 0.717) is 12.3 Å². The Balaban J connectivity index is 2.44. The van der Waals surface area contributed by atoms with Crippen molar-refractivity contribution in [3.05, 3.63) is 53.6 Å². The lowest BCUT2D eigenvalue weighted by Gasteiger charge is -2.32. The maximum Gasteiger partial charge on any atom is 0.244 e. The highest BCUT2D eigenvalue weighted by Crippen LogP contribution is 2.33. The van der Waals surface area contributed by atoms with E-state index in [9.17, 15) is 18.0 Å². The molecule has 2 aromatic carbocycles. The molecule has 0 spiro atoms. The zero-order valence-electron chi connectivity index (χ0n) is 21.9. The number of carbonyl (C=O) groups excluding carboxylic acids is 2. The second-order valence-electron chi connectivity index (χ2n) is 8.58. The van der Waals surface area contributed by atoms with Gasteiger partial charge in [0, 0.05) is 19.2 Å². The second kappa shape index (κ2) is 13.2. The van der Waals surface area contributed by atoms with Crippen LogP contribution in [-0.2, 0) is 26.2 Å². The molecule has 0 bridgehead atoms. The first-order valence-electron chi connectivity index (χ1n) is 11.8. The zero-order chi connectivity index (χ0) is 26.9. The molecule has 1 atom stereocenters. The third kappa shape index (κ3) is 7.61. The number of hydrogen-bond acceptors (Lipinski definition) is 6. The number of methoxy groups -OCH3 is 2. The Morgan fingerprint density at radius 1 is 1.08 bits per heavy atom. The molecule has 0 aliphatic rings. The lowest BCUT2D eigenvalue weighted by Crippen LogP contribution is -2.51. The Bertz CT molecular complexity index is 1150. The molecule has 0 saturated carbocycles. The van der Waals surface area contributed by atoms with Crippen LogP contribution in [0.5, 0.6) is 11.5 Å². The summed E-state index contributed by atoms with van der Waals surface area (Å²) in [6, 6.07) is 11.4. The quantitative estimate of drug-likeness (QED) is 0.408. The Kier molecular flexibility index (Phi) is 10.6. The van der Waals surface area contributed by atoms with Crippen LogP contribution in [0.2, 0.25) is 0 Å². The summed E-state index contributed by atoms with van der Waals surface area (Å²) in [7, 11) is -0.980. The molecular weight excluding hydrogens is 482 g/mol. The topological polar surface area (TPSA) is 105 Å². The van der Waals surface area contributed by atoms with Crippen molar-refractivity contribution in [2.75, 3.05) is 37.9 Å². The Morgan fingerprint density at radius 3 is 2.36 bits per heavy atom. The molecule has 0 aliphatic carbocycles. The van der Waals surface area contributed by atoms with Crippen molar-refractivity contribution in [2.24, 2.45) is 0 Å². The monoisotopic (exact) mass is 519 g/mol. The first kappa shape index (κ1) is 29.0. The predicted molar refractivity (Wildman–Crippen MR) is 141 cm³/mol. The predicted octanol–water partition coefficient (Wildman–Crippen LogP) is 3.11. The maximum absolute atomic E-state index is 13.7. The van der Waals surface area contributed by atoms with E-state index >= 15 is 0 Å². The van der Waals surface area contributed by atoms with Gasteiger partial charge in [0.2, 0.25) is 21.8 Å². The molecule has 36 heavy (non-hydrogen) atoms. The van der Waals surface area contributed by atoms with Gasteiger partial charge in [-0.2, -0.15) is 0 Å². The molecule has 0 aromatic heterocycles. The molecule has 2 amide bonds. The zero-order valence-corrected chi connectivity index (χ0v) is 22.7. The number of carbonyl (C=O) groups is 2. The minimum atomic E-state index is -3.88. The van der Waals surface area contributed by atoms with Crippen molar-refractivity contribution in [3.63, 3.8) is 0 Å². The molecule has 1 N–H and O–H groups in total. The summed E-state index contributed by atoms with van der Waals surface area (Å²) in [5.74, 6) is -0.0877. The van der Waals surface area contributed by atoms with Gasteiger partial charge in [-0.25, -0.2) is 8.42 Å². The molecule has 0 aliphatic heterocycles. The summed E-state index contributed by atoms with van der Waals surface area (Å²) in [4.78, 5) is 28.0. The van der Waals surface area contributed by atoms with Crippen molar-refractivity contribution in [3.8, 4) is 11.5 Å². The van der Waals surface area contributed by atoms with Crippen LogP contribution >= 0.6 is 0 Å². The van der Waals surface area contributed by atoms with Crippen molar-refractivity contribution >= 4 is 27.5 Å². The minimum absolute atomic E-state index is 0.158. The van der Waals surface area contributed by atoms with Gasteiger partial charge < -0.3 is 19.7 Å². The largest absolute Gasteiger partial charge is 0.497 e. The number of hydrogen-bond donors (Lipinski definition) is 1. The number of sulfonamides is 1. The van der Waals surface area contributed by atoms with Crippen LogP contribution in [0.25, 0.3) is 0 Å². The third-order valence-electron chi connectivity index (χ3n) is 5.93. The van der Waals surface area contributed by atoms with Gasteiger partial charge in [-0.15, -0.1) is 0 Å². The number of aryl methyl sites for hydroxylation is 1. The van der Waals surface area contributed by atoms with Gasteiger partial charge in [0.25, 0.3) is 0 Å². The van der Waals surface area contributed by atoms with E-state index < -0.39 is 28.5 Å². The van der Waals surface area contributed by atoms with Gasteiger partial charge in [0.05, 0.1) is 26.2 Å². The fourth-order valence-corrected chi connectivity index (χ4v) is 4.53. The standard InChI is InChI=1S/C26H37N3O6S/c1-7-8-15-27-26(31)20(3)28(17-21-12-10-9-11-19(21)2)25(30)18-29(36(6,32)33)23-14-13-22(34-4)16-24(23)35-5/h9-14,16,20H,7-8,15,17-18H2,1-6H3,(H,27,31)/t20-/m1/s1. The number of rotatable bonds is 13. The van der Waals surface area contributed by atoms with Gasteiger partial charge in [-0.05, 0) is 43.5 Å². The number of nitrogens with one attached hydrogen (secondary N) is 1. The van der Waals surface area contributed by atoms with E-state index in [1.807, 2.05) is 38.1 Å². The van der Waals surface area contributed by atoms with Gasteiger partial charge in [0.1, 0.15) is 24.1 Å². The third-order valence-corrected chi connectivity index (χ3v) is 7.06. The highest BCUT2D eigenvalue weighted by molar-refractivity contribution is 7.92. The molecule has 9 nitrogen and oxygen atoms in total. The normalized spacial score (nSPS) is 11.9. The van der Waals surface area contributed by atoms with Gasteiger partial charge >= 0.3 is 0 Å². The van der Waals surface area contributed by atoms with Crippen molar-refractivity contribution in [1.82, 2.24) is 10.2 Å². The fraction of sp³-hybridized carbons (Fsp3) is 0.462. The molecule has 0 heterocycles. The Morgan fingerprint density at radius 2 is 1.78 bits per heavy atom. The van der Waals surface area contributed by atoms with E-state index in [2.05, 4.69) is 5.32 Å². The lowest BCUT2D eigenvalue weighted by molar-refractivity contribution is -0.139. The van der Waals surface area contributed by atoms with E-state index in [1.165, 1.54) is 25.2 Å². The summed E-state index contributed by atoms with van der Waals surface area (Å²) in [5.41, 5.74) is 2.03. The summed E-state index contributed by atoms with van der Waals surface area (Å²) in [5, 5.41) is 2.87. The molecule has 2 rings (SSSR count). The summed E-state index contributed by atoms with van der Waals surface area (Å²) in [6.45, 7) is 5.76. The lowest BCUT2D eigenvalue weighted by atomic mass is 10.1. The van der Waals surface area contributed by atoms with Crippen LogP contribution in [0.4, 0.5) is 5.69 Å². The van der Waals surface area contributed by atoms with Gasteiger partial charge in [-0.1, -0.05) is 37.6 Å². The van der Waals surface area contributed by atoms with Crippen molar-refractivity contribution in [2.45, 2.75) is 46.2 Å². The van der Waals surface area contributed by atoms with E-state index in [0.717, 1.165) is 34.5 Å². The van der Waals surface area contributed by atoms with E-state index in [4.69, 9.17) is 9.47 Å². The van der Waals surface area contributed by atoms with Gasteiger partial charge in [-0.3, -0.25) is 13.9 Å². The molecule has 198 valence electrons. The van der Waals surface area contributed by atoms with Crippen LogP contribution in [0.3, 0.4) is 0 Å². The highest BCUT2D eigenvalue weighted by Gasteiger charge is 2.31. The van der Waals surface area contributed by atoms with Crippen LogP contribution in [0.1, 0.15) is 37.8 Å². The number of ether oxygens (including phenoxy) is 2. The summed E-state index contributed by atoms with van der Waals surface area (Å²) < 4.78 is 37.2. The van der Waals surface area contributed by atoms with Crippen LogP contribution in [0.15, 0.2) is 42.5 Å². The number of amides is 2. The van der Waals surface area contributed by atoms with Crippen LogP contribution < -0.4 is 19.1 Å². The fourth-order valence-electron chi connectivity index (χ4n) is 3.68. The summed E-state index contributed by atoms with van der Waals surface area (Å²) in [6.07, 6.45) is 2.77. The Labute approximate surface area is 214 Å². The first-order valence-corrected chi connectivity index (χ1v) is 13.7.